The van der Waals surface area contributed by atoms with Gasteiger partial charge in [0.15, 0.2) is 5.82 Å². The second-order valence-electron chi connectivity index (χ2n) is 14.8. The van der Waals surface area contributed by atoms with Crippen molar-refractivity contribution in [1.29, 1.82) is 0 Å². The molecule has 11 nitrogen and oxygen atoms in total. The van der Waals surface area contributed by atoms with Crippen LogP contribution in [-0.4, -0.2) is 63.3 Å². The molecule has 0 unspecified atom stereocenters. The van der Waals surface area contributed by atoms with E-state index in [4.69, 9.17) is 4.74 Å². The molecule has 0 saturated heterocycles. The van der Waals surface area contributed by atoms with E-state index >= 15 is 0 Å². The number of carbonyl (C=O) groups excluding carboxylic acids is 3. The lowest BCUT2D eigenvalue weighted by molar-refractivity contribution is -0.292. The first-order valence-electron chi connectivity index (χ1n) is 17.7. The molecule has 16 heteroatoms. The predicted molar refractivity (Wildman–Crippen MR) is 194 cm³/mol. The molecule has 294 valence electrons. The Morgan fingerprint density at radius 3 is 2.29 bits per heavy atom. The first-order chi connectivity index (χ1) is 25.7. The van der Waals surface area contributed by atoms with Crippen molar-refractivity contribution in [3.63, 3.8) is 0 Å². The highest BCUT2D eigenvalue weighted by molar-refractivity contribution is 5.99. The van der Waals surface area contributed by atoms with Crippen molar-refractivity contribution in [1.82, 2.24) is 20.6 Å². The average molecular weight is 772 g/mol. The van der Waals surface area contributed by atoms with Crippen LogP contribution in [0, 0.1) is 18.8 Å². The van der Waals surface area contributed by atoms with Crippen molar-refractivity contribution < 1.29 is 51.0 Å². The number of amides is 3. The number of imidazole rings is 1. The number of aromatic nitrogens is 2. The first-order valence-corrected chi connectivity index (χ1v) is 17.7. The number of fused-ring (bicyclic) bond motifs is 1. The molecule has 1 aliphatic carbocycles. The number of nitrogens with zero attached hydrogens (tertiary/aromatic N) is 1. The third kappa shape index (κ3) is 10.2. The zero-order valence-corrected chi connectivity index (χ0v) is 30.6. The molecule has 5 N–H and O–H groups in total. The highest BCUT2D eigenvalue weighted by Gasteiger charge is 2.61. The summed E-state index contributed by atoms with van der Waals surface area (Å²) in [6.07, 6.45) is -4.09. The van der Waals surface area contributed by atoms with E-state index < -0.39 is 53.5 Å². The minimum Gasteiger partial charge on any atom is -0.478 e. The number of H-pyrrole nitrogens is 1. The number of ether oxygens (including phenoxy) is 1. The van der Waals surface area contributed by atoms with Gasteiger partial charge in [-0.05, 0) is 112 Å². The highest BCUT2D eigenvalue weighted by Crippen LogP contribution is 2.43. The number of hydrogen-bond donors (Lipinski definition) is 5. The smallest absolute Gasteiger partial charge is 0.461 e. The van der Waals surface area contributed by atoms with Gasteiger partial charge in [0.05, 0.1) is 16.6 Å². The van der Waals surface area contributed by atoms with Crippen LogP contribution >= 0.6 is 0 Å². The number of rotatable bonds is 11. The molecule has 5 rings (SSSR count). The molecule has 3 amide bonds. The van der Waals surface area contributed by atoms with Crippen LogP contribution in [0.1, 0.15) is 73.8 Å². The summed E-state index contributed by atoms with van der Waals surface area (Å²) in [5.74, 6) is -9.22. The van der Waals surface area contributed by atoms with Crippen LogP contribution in [0.3, 0.4) is 0 Å². The Hall–Kier alpha value is -5.54. The second-order valence-corrected chi connectivity index (χ2v) is 14.8. The van der Waals surface area contributed by atoms with E-state index in [1.165, 1.54) is 24.3 Å². The molecule has 1 aromatic heterocycles. The van der Waals surface area contributed by atoms with Gasteiger partial charge in [0.1, 0.15) is 11.6 Å². The zero-order valence-electron chi connectivity index (χ0n) is 30.6. The monoisotopic (exact) mass is 771 g/mol. The van der Waals surface area contributed by atoms with Crippen LogP contribution in [0.15, 0.2) is 60.7 Å². The maximum atomic E-state index is 14.0. The third-order valence-corrected chi connectivity index (χ3v) is 9.34. The number of aromatic amines is 1. The van der Waals surface area contributed by atoms with E-state index in [2.05, 4.69) is 20.9 Å². The summed E-state index contributed by atoms with van der Waals surface area (Å²) in [6.45, 7) is 7.46. The van der Waals surface area contributed by atoms with Crippen LogP contribution in [0.25, 0.3) is 22.2 Å². The first kappa shape index (κ1) is 40.6. The number of carboxylic acids is 1. The Morgan fingerprint density at radius 2 is 1.65 bits per heavy atom. The van der Waals surface area contributed by atoms with Gasteiger partial charge in [-0.3, -0.25) is 9.59 Å². The van der Waals surface area contributed by atoms with Gasteiger partial charge in [-0.1, -0.05) is 30.3 Å². The van der Waals surface area contributed by atoms with Crippen LogP contribution < -0.4 is 16.0 Å². The number of carboxylic acid groups (broad SMARTS) is 1. The van der Waals surface area contributed by atoms with Gasteiger partial charge < -0.3 is 30.8 Å². The number of benzene rings is 3. The Labute approximate surface area is 313 Å². The summed E-state index contributed by atoms with van der Waals surface area (Å²) in [5, 5.41) is 17.7. The van der Waals surface area contributed by atoms with E-state index in [0.717, 1.165) is 11.1 Å². The number of hydrogen-bond acceptors (Lipinski definition) is 6. The molecule has 1 atom stereocenters. The molecule has 0 radical (unpaired) electrons. The summed E-state index contributed by atoms with van der Waals surface area (Å²) in [6, 6.07) is 14.4. The fraction of sp³-hybridized carbons (Fsp3) is 0.410. The second kappa shape index (κ2) is 16.1. The van der Waals surface area contributed by atoms with E-state index in [9.17, 15) is 46.2 Å². The summed E-state index contributed by atoms with van der Waals surface area (Å²) in [4.78, 5) is 56.5. The van der Waals surface area contributed by atoms with Gasteiger partial charge in [-0.15, -0.1) is 0 Å². The molecule has 1 heterocycles. The van der Waals surface area contributed by atoms with Crippen molar-refractivity contribution in [2.24, 2.45) is 11.8 Å². The molecule has 4 aromatic rings. The predicted octanol–water partition coefficient (Wildman–Crippen LogP) is 7.89. The molecule has 0 aliphatic heterocycles. The standard InChI is InChI=1S/C39H42F5N5O6/c1-21-16-26(34(52)53)12-14-28(21)25-7-5-6-23(17-25)18-31(47-32(50)24-10-8-22(9-11-24)20-45-36(54)55-37(2,3)4)33(51)46-27-13-15-29-30(19-27)49-35(48-29)38(40,41)39(42,43)44/h5-7,12-17,19,22,24,31H,8-11,18,20H2,1-4H3,(H,45,54)(H,46,51)(H,47,50)(H,48,49)(H,52,53)/t22-,24-,31-/m0/s1. The number of alkyl carbamates (subject to hydrolysis) is 1. The minimum atomic E-state index is -5.88. The molecular formula is C39H42F5N5O6. The Kier molecular flexibility index (Phi) is 11.9. The van der Waals surface area contributed by atoms with E-state index in [1.807, 2.05) is 17.1 Å². The number of carbonyl (C=O) groups is 4. The fourth-order valence-corrected chi connectivity index (χ4v) is 6.49. The van der Waals surface area contributed by atoms with Gasteiger partial charge in [-0.2, -0.15) is 22.0 Å². The Balaban J connectivity index is 1.33. The quantitative estimate of drug-likeness (QED) is 0.0969. The molecule has 0 spiro atoms. The molecule has 0 bridgehead atoms. The maximum absolute atomic E-state index is 14.0. The molecule has 1 saturated carbocycles. The summed E-state index contributed by atoms with van der Waals surface area (Å²) >= 11 is 0. The Bertz CT molecular complexity index is 2070. The van der Waals surface area contributed by atoms with Crippen molar-refractivity contribution in [3.8, 4) is 11.1 Å². The van der Waals surface area contributed by atoms with Gasteiger partial charge in [0.2, 0.25) is 11.8 Å². The van der Waals surface area contributed by atoms with Crippen molar-refractivity contribution in [2.75, 3.05) is 11.9 Å². The molecule has 1 aliphatic rings. The zero-order chi connectivity index (χ0) is 40.3. The highest BCUT2D eigenvalue weighted by atomic mass is 19.4. The number of halogens is 5. The SMILES string of the molecule is Cc1cc(C(=O)O)ccc1-c1cccc(C[C@H](NC(=O)[C@H]2CC[C@H](CNC(=O)OC(C)(C)C)CC2)C(=O)Nc2ccc3nc(C(F)(F)C(F)(F)F)[nH]c3c2)c1. The van der Waals surface area contributed by atoms with E-state index in [-0.39, 0.29) is 40.5 Å². The molecule has 55 heavy (non-hydrogen) atoms. The summed E-state index contributed by atoms with van der Waals surface area (Å²) in [5.41, 5.74) is 2.06. The normalized spacial score (nSPS) is 17.0. The van der Waals surface area contributed by atoms with Gasteiger partial charge in [0.25, 0.3) is 0 Å². The van der Waals surface area contributed by atoms with Gasteiger partial charge in [-0.25, -0.2) is 14.6 Å². The van der Waals surface area contributed by atoms with Gasteiger partial charge in [0, 0.05) is 24.6 Å². The lowest BCUT2D eigenvalue weighted by Crippen LogP contribution is -2.48. The number of aryl methyl sites for hydroxylation is 1. The lowest BCUT2D eigenvalue weighted by Gasteiger charge is -2.29. The number of alkyl halides is 5. The number of aromatic carboxylic acids is 1. The topological polar surface area (TPSA) is 163 Å². The third-order valence-electron chi connectivity index (χ3n) is 9.34. The van der Waals surface area contributed by atoms with Crippen molar-refractivity contribution >= 4 is 40.6 Å². The number of nitrogens with one attached hydrogen (secondary N) is 4. The fourth-order valence-electron chi connectivity index (χ4n) is 6.49. The van der Waals surface area contributed by atoms with Crippen LogP contribution in [0.2, 0.25) is 0 Å². The van der Waals surface area contributed by atoms with E-state index in [1.54, 1.807) is 52.0 Å². The van der Waals surface area contributed by atoms with Crippen LogP contribution in [0.5, 0.6) is 0 Å². The average Bonchev–Trinajstić information content (AvgIpc) is 3.54. The van der Waals surface area contributed by atoms with Crippen molar-refractivity contribution in [2.45, 2.75) is 83.5 Å². The summed E-state index contributed by atoms with van der Waals surface area (Å²) < 4.78 is 72.2. The largest absolute Gasteiger partial charge is 0.478 e. The number of anilines is 1. The lowest BCUT2D eigenvalue weighted by atomic mass is 9.81. The Morgan fingerprint density at radius 1 is 0.945 bits per heavy atom. The molecular weight excluding hydrogens is 729 g/mol. The van der Waals surface area contributed by atoms with Crippen LogP contribution in [-0.2, 0) is 26.7 Å². The summed E-state index contributed by atoms with van der Waals surface area (Å²) in [7, 11) is 0. The molecule has 3 aromatic carbocycles. The maximum Gasteiger partial charge on any atom is 0.461 e. The van der Waals surface area contributed by atoms with Crippen LogP contribution in [0.4, 0.5) is 32.4 Å². The minimum absolute atomic E-state index is 0.0150. The molecule has 1 fully saturated rings. The van der Waals surface area contributed by atoms with Crippen molar-refractivity contribution in [3.05, 3.63) is 83.2 Å². The van der Waals surface area contributed by atoms with Gasteiger partial charge >= 0.3 is 24.2 Å². The van der Waals surface area contributed by atoms with E-state index in [0.29, 0.717) is 43.4 Å².